The second kappa shape index (κ2) is 9.76. The molecule has 1 saturated heterocycles. The normalized spacial score (nSPS) is 18.8. The van der Waals surface area contributed by atoms with Crippen molar-refractivity contribution >= 4 is 11.9 Å². The Kier molecular flexibility index (Phi) is 6.82. The van der Waals surface area contributed by atoms with Gasteiger partial charge in [0.25, 0.3) is 0 Å². The van der Waals surface area contributed by atoms with E-state index in [4.69, 9.17) is 4.98 Å². The summed E-state index contributed by atoms with van der Waals surface area (Å²) in [4.78, 5) is 30.2. The first-order valence-electron chi connectivity index (χ1n) is 11.4. The first kappa shape index (κ1) is 22.4. The van der Waals surface area contributed by atoms with Crippen molar-refractivity contribution in [2.75, 3.05) is 6.54 Å². The number of unbranched alkanes of at least 4 members (excludes halogenated alkanes) is 1. The monoisotopic (exact) mass is 442 g/mol. The predicted molar refractivity (Wildman–Crippen MR) is 115 cm³/mol. The number of halogens is 2. The summed E-state index contributed by atoms with van der Waals surface area (Å²) < 4.78 is 27.3. The van der Waals surface area contributed by atoms with Gasteiger partial charge in [-0.3, -0.25) is 14.6 Å². The summed E-state index contributed by atoms with van der Waals surface area (Å²) in [6.07, 6.45) is 7.64. The van der Waals surface area contributed by atoms with Crippen LogP contribution in [0.5, 0.6) is 0 Å². The van der Waals surface area contributed by atoms with Crippen LogP contribution in [0.3, 0.4) is 0 Å². The molecule has 1 unspecified atom stereocenters. The molecule has 32 heavy (non-hydrogen) atoms. The summed E-state index contributed by atoms with van der Waals surface area (Å²) in [6.45, 7) is 0.409. The lowest BCUT2D eigenvalue weighted by Crippen LogP contribution is -2.54. The van der Waals surface area contributed by atoms with Crippen LogP contribution in [0.2, 0.25) is 0 Å². The number of benzene rings is 1. The molecule has 2 aromatic rings. The van der Waals surface area contributed by atoms with Gasteiger partial charge in [-0.25, -0.2) is 8.78 Å². The molecule has 0 spiro atoms. The molecule has 0 radical (unpaired) electrons. The molecule has 0 saturated carbocycles. The third-order valence-corrected chi connectivity index (χ3v) is 6.53. The van der Waals surface area contributed by atoms with Crippen LogP contribution in [0.25, 0.3) is 0 Å². The van der Waals surface area contributed by atoms with Crippen LogP contribution in [0.1, 0.15) is 67.1 Å². The number of hydrogen-bond donors (Lipinski definition) is 1. The van der Waals surface area contributed by atoms with Gasteiger partial charge in [-0.05, 0) is 74.3 Å². The second-order valence-electron chi connectivity index (χ2n) is 8.87. The quantitative estimate of drug-likeness (QED) is 0.454. The molecule has 170 valence electrons. The van der Waals surface area contributed by atoms with E-state index in [9.17, 15) is 23.5 Å². The van der Waals surface area contributed by atoms with Gasteiger partial charge in [-0.1, -0.05) is 12.5 Å². The number of pyridine rings is 1. The van der Waals surface area contributed by atoms with Gasteiger partial charge in [0.15, 0.2) is 0 Å². The van der Waals surface area contributed by atoms with Gasteiger partial charge in [-0.2, -0.15) is 0 Å². The Hall–Kier alpha value is -2.83. The van der Waals surface area contributed by atoms with E-state index in [0.29, 0.717) is 6.54 Å². The van der Waals surface area contributed by atoms with Crippen molar-refractivity contribution in [3.8, 4) is 0 Å². The molecule has 2 aliphatic rings. The van der Waals surface area contributed by atoms with E-state index in [0.717, 1.165) is 62.4 Å². The lowest BCUT2D eigenvalue weighted by atomic mass is 9.88. The molecule has 1 aliphatic carbocycles. The van der Waals surface area contributed by atoms with Gasteiger partial charge in [-0.15, -0.1) is 0 Å². The molecule has 1 aromatic carbocycles. The van der Waals surface area contributed by atoms with Crippen LogP contribution in [-0.4, -0.2) is 33.4 Å². The number of aliphatic carboxylic acids is 1. The van der Waals surface area contributed by atoms with Gasteiger partial charge in [0.05, 0.1) is 18.4 Å². The fraction of sp³-hybridized carbons (Fsp3) is 0.480. The highest BCUT2D eigenvalue weighted by Gasteiger charge is 2.41. The van der Waals surface area contributed by atoms with Gasteiger partial charge >= 0.3 is 5.97 Å². The largest absolute Gasteiger partial charge is 0.481 e. The lowest BCUT2D eigenvalue weighted by Gasteiger charge is -2.43. The minimum absolute atomic E-state index is 0.146. The Balaban J connectivity index is 1.29. The summed E-state index contributed by atoms with van der Waals surface area (Å²) in [5.41, 5.74) is 3.88. The maximum Gasteiger partial charge on any atom is 0.305 e. The summed E-state index contributed by atoms with van der Waals surface area (Å²) in [5.74, 6) is -2.99. The van der Waals surface area contributed by atoms with Crippen molar-refractivity contribution in [2.24, 2.45) is 5.92 Å². The number of carbonyl (C=O) groups is 2. The fourth-order valence-corrected chi connectivity index (χ4v) is 4.83. The molecule has 1 aliphatic heterocycles. The van der Waals surface area contributed by atoms with Crippen molar-refractivity contribution < 1.29 is 23.5 Å². The number of aromatic nitrogens is 1. The highest BCUT2D eigenvalue weighted by atomic mass is 19.1. The Bertz CT molecular complexity index is 990. The SMILES string of the molecule is O=C(O)C[C@@H](c1cc(F)cc(F)c1)N1CC(CCCCc2ccc3c(n2)CCCC3)C1=O. The Morgan fingerprint density at radius 1 is 1.12 bits per heavy atom. The zero-order chi connectivity index (χ0) is 22.7. The Morgan fingerprint density at radius 2 is 1.88 bits per heavy atom. The van der Waals surface area contributed by atoms with E-state index in [2.05, 4.69) is 12.1 Å². The second-order valence-corrected chi connectivity index (χ2v) is 8.87. The number of amides is 1. The number of fused-ring (bicyclic) bond motifs is 1. The van der Waals surface area contributed by atoms with Crippen LogP contribution in [0.4, 0.5) is 8.78 Å². The average molecular weight is 443 g/mol. The van der Waals surface area contributed by atoms with Gasteiger partial charge in [0, 0.05) is 24.0 Å². The fourth-order valence-electron chi connectivity index (χ4n) is 4.83. The number of hydrogen-bond acceptors (Lipinski definition) is 3. The van der Waals surface area contributed by atoms with Crippen molar-refractivity contribution in [3.05, 3.63) is 64.5 Å². The number of carboxylic acid groups (broad SMARTS) is 1. The number of β-lactam (4-membered cyclic amide) rings is 1. The minimum Gasteiger partial charge on any atom is -0.481 e. The van der Waals surface area contributed by atoms with Crippen molar-refractivity contribution in [3.63, 3.8) is 0 Å². The van der Waals surface area contributed by atoms with Gasteiger partial charge < -0.3 is 10.0 Å². The third kappa shape index (κ3) is 5.14. The van der Waals surface area contributed by atoms with Crippen LogP contribution in [0.15, 0.2) is 30.3 Å². The van der Waals surface area contributed by atoms with E-state index in [1.807, 2.05) is 0 Å². The molecule has 7 heteroatoms. The molecule has 2 heterocycles. The molecule has 1 amide bonds. The zero-order valence-electron chi connectivity index (χ0n) is 18.0. The van der Waals surface area contributed by atoms with E-state index in [1.165, 1.54) is 29.0 Å². The number of likely N-dealkylation sites (tertiary alicyclic amines) is 1. The zero-order valence-corrected chi connectivity index (χ0v) is 18.0. The van der Waals surface area contributed by atoms with Crippen molar-refractivity contribution in [1.29, 1.82) is 0 Å². The maximum absolute atomic E-state index is 13.6. The third-order valence-electron chi connectivity index (χ3n) is 6.53. The van der Waals surface area contributed by atoms with E-state index in [1.54, 1.807) is 0 Å². The molecule has 1 N–H and O–H groups in total. The number of carboxylic acids is 1. The maximum atomic E-state index is 13.6. The van der Waals surface area contributed by atoms with E-state index < -0.39 is 23.6 Å². The number of nitrogens with zero attached hydrogens (tertiary/aromatic N) is 2. The number of rotatable bonds is 9. The highest BCUT2D eigenvalue weighted by molar-refractivity contribution is 5.85. The standard InChI is InChI=1S/C25H28F2N2O3/c26-19-11-18(12-20(27)13-19)23(14-24(30)31)29-15-17(25(29)32)6-1-3-7-21-10-9-16-5-2-4-8-22(16)28-21/h9-13,17,23H,1-8,14-15H2,(H,30,31)/t17?,23-/m0/s1. The molecule has 4 rings (SSSR count). The molecule has 1 fully saturated rings. The molecule has 5 nitrogen and oxygen atoms in total. The predicted octanol–water partition coefficient (Wildman–Crippen LogP) is 4.63. The Morgan fingerprint density at radius 3 is 2.59 bits per heavy atom. The summed E-state index contributed by atoms with van der Waals surface area (Å²) in [6, 6.07) is 6.38. The van der Waals surface area contributed by atoms with E-state index in [-0.39, 0.29) is 23.8 Å². The van der Waals surface area contributed by atoms with Crippen molar-refractivity contribution in [1.82, 2.24) is 9.88 Å². The average Bonchev–Trinajstić information content (AvgIpc) is 2.75. The Labute approximate surface area is 186 Å². The first-order chi connectivity index (χ1) is 15.4. The summed E-state index contributed by atoms with van der Waals surface area (Å²) >= 11 is 0. The molecule has 1 aromatic heterocycles. The molecule has 2 atom stereocenters. The smallest absolute Gasteiger partial charge is 0.305 e. The lowest BCUT2D eigenvalue weighted by molar-refractivity contribution is -0.154. The van der Waals surface area contributed by atoms with Crippen LogP contribution < -0.4 is 0 Å². The van der Waals surface area contributed by atoms with Gasteiger partial charge in [0.1, 0.15) is 11.6 Å². The summed E-state index contributed by atoms with van der Waals surface area (Å²) in [7, 11) is 0. The van der Waals surface area contributed by atoms with E-state index >= 15 is 0 Å². The minimum atomic E-state index is -1.12. The molecule has 0 bridgehead atoms. The van der Waals surface area contributed by atoms with Crippen LogP contribution in [-0.2, 0) is 28.9 Å². The first-order valence-corrected chi connectivity index (χ1v) is 11.4. The highest BCUT2D eigenvalue weighted by Crippen LogP contribution is 2.35. The number of aryl methyl sites for hydroxylation is 3. The van der Waals surface area contributed by atoms with Crippen molar-refractivity contribution in [2.45, 2.75) is 63.8 Å². The molecular formula is C25H28F2N2O3. The van der Waals surface area contributed by atoms with Crippen LogP contribution in [0, 0.1) is 17.6 Å². The summed E-state index contributed by atoms with van der Waals surface area (Å²) in [5, 5.41) is 9.23. The van der Waals surface area contributed by atoms with Gasteiger partial charge in [0.2, 0.25) is 5.91 Å². The number of carbonyl (C=O) groups excluding carboxylic acids is 1. The van der Waals surface area contributed by atoms with Crippen LogP contribution >= 0.6 is 0 Å². The molecular weight excluding hydrogens is 414 g/mol. The topological polar surface area (TPSA) is 70.5 Å².